The van der Waals surface area contributed by atoms with Crippen LogP contribution in [0.2, 0.25) is 5.02 Å². The number of aryl methyl sites for hydroxylation is 1. The van der Waals surface area contributed by atoms with Crippen LogP contribution in [0, 0.1) is 6.92 Å². The lowest BCUT2D eigenvalue weighted by Crippen LogP contribution is -2.52. The zero-order valence-electron chi connectivity index (χ0n) is 24.0. The highest BCUT2D eigenvalue weighted by Crippen LogP contribution is 2.27. The molecule has 10 heteroatoms. The number of unbranched alkanes of at least 4 members (excludes halogenated alkanes) is 1. The van der Waals surface area contributed by atoms with E-state index in [0.717, 1.165) is 22.7 Å². The fraction of sp³-hybridized carbons (Fsp3) is 0.355. The van der Waals surface area contributed by atoms with E-state index in [9.17, 15) is 18.0 Å². The van der Waals surface area contributed by atoms with Crippen LogP contribution >= 0.6 is 11.6 Å². The minimum Gasteiger partial charge on any atom is -0.497 e. The lowest BCUT2D eigenvalue weighted by Gasteiger charge is -2.33. The Morgan fingerprint density at radius 2 is 1.63 bits per heavy atom. The lowest BCUT2D eigenvalue weighted by molar-refractivity contribution is -0.140. The second-order valence-electron chi connectivity index (χ2n) is 9.70. The first-order valence-corrected chi connectivity index (χ1v) is 15.5. The van der Waals surface area contributed by atoms with Crippen LogP contribution in [-0.2, 0) is 26.2 Å². The highest BCUT2D eigenvalue weighted by molar-refractivity contribution is 7.92. The molecule has 0 aliphatic rings. The summed E-state index contributed by atoms with van der Waals surface area (Å²) >= 11 is 6.44. The summed E-state index contributed by atoms with van der Waals surface area (Å²) in [6.07, 6.45) is 2.05. The SMILES string of the molecule is CCCCNC(=O)[C@@H](CC)N(Cc1ccccc1Cl)C(=O)CN(c1ccc(OC)cc1)S(=O)(=O)c1ccc(C)cc1. The van der Waals surface area contributed by atoms with Gasteiger partial charge in [-0.05, 0) is 67.8 Å². The summed E-state index contributed by atoms with van der Waals surface area (Å²) in [7, 11) is -2.64. The fourth-order valence-electron chi connectivity index (χ4n) is 4.35. The monoisotopic (exact) mass is 599 g/mol. The molecule has 1 N–H and O–H groups in total. The second kappa shape index (κ2) is 14.9. The third kappa shape index (κ3) is 8.24. The average Bonchev–Trinajstić information content (AvgIpc) is 2.97. The van der Waals surface area contributed by atoms with Gasteiger partial charge in [-0.2, -0.15) is 0 Å². The van der Waals surface area contributed by atoms with Crippen molar-refractivity contribution in [1.82, 2.24) is 10.2 Å². The number of rotatable bonds is 14. The summed E-state index contributed by atoms with van der Waals surface area (Å²) < 4.78 is 34.2. The standard InChI is InChI=1S/C31H38ClN3O5S/c1-5-7-20-33-31(37)29(6-2)34(21-24-10-8-9-11-28(24)32)30(36)22-35(25-14-16-26(40-4)17-15-25)41(38,39)27-18-12-23(3)13-19-27/h8-19,29H,5-7,20-22H2,1-4H3,(H,33,37)/t29-/m1/s1. The highest BCUT2D eigenvalue weighted by atomic mass is 35.5. The van der Waals surface area contributed by atoms with Gasteiger partial charge in [-0.1, -0.05) is 67.8 Å². The number of nitrogens with one attached hydrogen (secondary N) is 1. The maximum absolute atomic E-state index is 14.1. The molecule has 0 radical (unpaired) electrons. The quantitative estimate of drug-likeness (QED) is 0.244. The molecule has 0 aliphatic heterocycles. The molecule has 0 spiro atoms. The minimum atomic E-state index is -4.15. The largest absolute Gasteiger partial charge is 0.497 e. The van der Waals surface area contributed by atoms with Gasteiger partial charge in [0.15, 0.2) is 0 Å². The minimum absolute atomic E-state index is 0.0409. The summed E-state index contributed by atoms with van der Waals surface area (Å²) in [5.74, 6) is -0.282. The van der Waals surface area contributed by atoms with E-state index in [1.54, 1.807) is 60.7 Å². The van der Waals surface area contributed by atoms with Crippen molar-refractivity contribution in [3.63, 3.8) is 0 Å². The van der Waals surface area contributed by atoms with Crippen LogP contribution in [0.1, 0.15) is 44.2 Å². The van der Waals surface area contributed by atoms with E-state index >= 15 is 0 Å². The van der Waals surface area contributed by atoms with Crippen LogP contribution in [-0.4, -0.2) is 51.4 Å². The number of anilines is 1. The van der Waals surface area contributed by atoms with E-state index in [-0.39, 0.29) is 23.0 Å². The van der Waals surface area contributed by atoms with Crippen LogP contribution in [0.25, 0.3) is 0 Å². The van der Waals surface area contributed by atoms with Crippen molar-refractivity contribution in [2.75, 3.05) is 24.5 Å². The Morgan fingerprint density at radius 1 is 0.976 bits per heavy atom. The Labute approximate surface area is 248 Å². The number of ether oxygens (including phenoxy) is 1. The Morgan fingerprint density at radius 3 is 2.22 bits per heavy atom. The summed E-state index contributed by atoms with van der Waals surface area (Å²) in [5.41, 5.74) is 1.85. The van der Waals surface area contributed by atoms with Gasteiger partial charge >= 0.3 is 0 Å². The van der Waals surface area contributed by atoms with Gasteiger partial charge in [0.1, 0.15) is 18.3 Å². The van der Waals surface area contributed by atoms with Gasteiger partial charge < -0.3 is 15.0 Å². The van der Waals surface area contributed by atoms with Gasteiger partial charge in [0.05, 0.1) is 17.7 Å². The topological polar surface area (TPSA) is 96.0 Å². The molecule has 0 fully saturated rings. The van der Waals surface area contributed by atoms with E-state index in [1.165, 1.54) is 24.1 Å². The maximum Gasteiger partial charge on any atom is 0.264 e. The smallest absolute Gasteiger partial charge is 0.264 e. The number of halogens is 1. The molecule has 2 amide bonds. The van der Waals surface area contributed by atoms with Gasteiger partial charge in [-0.3, -0.25) is 13.9 Å². The van der Waals surface area contributed by atoms with Crippen molar-refractivity contribution in [2.24, 2.45) is 0 Å². The predicted molar refractivity (Wildman–Crippen MR) is 163 cm³/mol. The fourth-order valence-corrected chi connectivity index (χ4v) is 5.96. The van der Waals surface area contributed by atoms with Crippen LogP contribution in [0.3, 0.4) is 0 Å². The number of sulfonamides is 1. The molecule has 0 unspecified atom stereocenters. The van der Waals surface area contributed by atoms with E-state index in [4.69, 9.17) is 16.3 Å². The molecule has 0 bridgehead atoms. The van der Waals surface area contributed by atoms with Crippen molar-refractivity contribution in [2.45, 2.75) is 57.5 Å². The van der Waals surface area contributed by atoms with Crippen molar-refractivity contribution in [1.29, 1.82) is 0 Å². The zero-order chi connectivity index (χ0) is 30.0. The molecule has 3 aromatic carbocycles. The Balaban J connectivity index is 2.05. The Hall–Kier alpha value is -3.56. The first-order valence-electron chi connectivity index (χ1n) is 13.7. The highest BCUT2D eigenvalue weighted by Gasteiger charge is 2.34. The third-order valence-corrected chi connectivity index (χ3v) is 8.92. The van der Waals surface area contributed by atoms with E-state index < -0.39 is 28.5 Å². The van der Waals surface area contributed by atoms with Gasteiger partial charge in [0, 0.05) is 18.1 Å². The van der Waals surface area contributed by atoms with E-state index in [2.05, 4.69) is 5.32 Å². The number of hydrogen-bond donors (Lipinski definition) is 1. The molecule has 0 saturated heterocycles. The maximum atomic E-state index is 14.1. The van der Waals surface area contributed by atoms with Crippen molar-refractivity contribution < 1.29 is 22.7 Å². The predicted octanol–water partition coefficient (Wildman–Crippen LogP) is 5.58. The molecule has 3 rings (SSSR count). The number of nitrogens with zero attached hydrogens (tertiary/aromatic N) is 2. The van der Waals surface area contributed by atoms with Crippen LogP contribution in [0.5, 0.6) is 5.75 Å². The van der Waals surface area contributed by atoms with Gasteiger partial charge in [0.25, 0.3) is 10.0 Å². The lowest BCUT2D eigenvalue weighted by atomic mass is 10.1. The molecule has 0 aromatic heterocycles. The summed E-state index contributed by atoms with van der Waals surface area (Å²) in [6, 6.07) is 19.2. The van der Waals surface area contributed by atoms with E-state index in [1.807, 2.05) is 20.8 Å². The molecule has 1 atom stereocenters. The van der Waals surface area contributed by atoms with Crippen LogP contribution in [0.15, 0.2) is 77.7 Å². The molecule has 220 valence electrons. The summed E-state index contributed by atoms with van der Waals surface area (Å²) in [6.45, 7) is 5.72. The molecule has 0 saturated carbocycles. The van der Waals surface area contributed by atoms with Crippen LogP contribution < -0.4 is 14.4 Å². The van der Waals surface area contributed by atoms with Gasteiger partial charge in [-0.25, -0.2) is 8.42 Å². The second-order valence-corrected chi connectivity index (χ2v) is 12.0. The molecular weight excluding hydrogens is 562 g/mol. The number of hydrogen-bond acceptors (Lipinski definition) is 5. The Bertz CT molecular complexity index is 1410. The number of amides is 2. The van der Waals surface area contributed by atoms with Crippen molar-refractivity contribution >= 4 is 39.1 Å². The van der Waals surface area contributed by atoms with Gasteiger partial charge in [-0.15, -0.1) is 0 Å². The zero-order valence-corrected chi connectivity index (χ0v) is 25.5. The third-order valence-electron chi connectivity index (χ3n) is 6.76. The van der Waals surface area contributed by atoms with E-state index in [0.29, 0.717) is 29.3 Å². The van der Waals surface area contributed by atoms with Crippen LogP contribution in [0.4, 0.5) is 5.69 Å². The first kappa shape index (κ1) is 32.0. The summed E-state index contributed by atoms with van der Waals surface area (Å²) in [4.78, 5) is 28.8. The number of methoxy groups -OCH3 is 1. The molecular formula is C31H38ClN3O5S. The molecule has 3 aromatic rings. The average molecular weight is 600 g/mol. The number of benzene rings is 3. The van der Waals surface area contributed by atoms with Crippen molar-refractivity contribution in [3.8, 4) is 5.75 Å². The summed E-state index contributed by atoms with van der Waals surface area (Å²) in [5, 5.41) is 3.37. The number of carbonyl (C=O) groups excluding carboxylic acids is 2. The molecule has 0 aliphatic carbocycles. The molecule has 0 heterocycles. The Kier molecular flexibility index (Phi) is 11.6. The number of carbonyl (C=O) groups is 2. The normalized spacial score (nSPS) is 11.9. The van der Waals surface area contributed by atoms with Gasteiger partial charge in [0.2, 0.25) is 11.8 Å². The molecule has 8 nitrogen and oxygen atoms in total. The first-order chi connectivity index (χ1) is 19.6. The van der Waals surface area contributed by atoms with Crippen molar-refractivity contribution in [3.05, 3.63) is 88.9 Å². The molecule has 41 heavy (non-hydrogen) atoms.